The molecule has 4 rings (SSSR count). The van der Waals surface area contributed by atoms with Gasteiger partial charge in [0.05, 0.1) is 30.0 Å². The van der Waals surface area contributed by atoms with Crippen molar-refractivity contribution in [2.45, 2.75) is 12.1 Å². The number of aryl methyl sites for hydroxylation is 1. The zero-order chi connectivity index (χ0) is 18.8. The number of amides is 1. The number of hydrogen-bond donors (Lipinski definition) is 0. The maximum atomic E-state index is 13.1. The summed E-state index contributed by atoms with van der Waals surface area (Å²) in [7, 11) is 0. The second kappa shape index (κ2) is 7.84. The van der Waals surface area contributed by atoms with Crippen LogP contribution < -0.4 is 5.56 Å². The molecule has 3 aromatic rings. The summed E-state index contributed by atoms with van der Waals surface area (Å²) in [6.07, 6.45) is 0. The highest BCUT2D eigenvalue weighted by Crippen LogP contribution is 2.25. The number of carbonyl (C=O) groups is 1. The lowest BCUT2D eigenvalue weighted by atomic mass is 10.2. The van der Waals surface area contributed by atoms with Crippen molar-refractivity contribution in [2.75, 3.05) is 32.1 Å². The number of morpholine rings is 1. The van der Waals surface area contributed by atoms with E-state index < -0.39 is 0 Å². The standard InChI is InChI=1S/C19H19N3O3S2/c1-13-4-2-3-5-15(13)22-18(24)14-6-11-26-17(14)20-19(22)27-12-16(23)21-7-9-25-10-8-21/h2-6,11H,7-10,12H2,1H3. The zero-order valence-corrected chi connectivity index (χ0v) is 16.5. The Bertz CT molecular complexity index is 1040. The van der Waals surface area contributed by atoms with Gasteiger partial charge in [-0.25, -0.2) is 4.98 Å². The summed E-state index contributed by atoms with van der Waals surface area (Å²) in [6.45, 7) is 4.34. The van der Waals surface area contributed by atoms with Gasteiger partial charge in [-0.3, -0.25) is 14.2 Å². The van der Waals surface area contributed by atoms with Gasteiger partial charge in [-0.05, 0) is 30.0 Å². The average Bonchev–Trinajstić information content (AvgIpc) is 3.17. The Hall–Kier alpha value is -2.16. The number of aromatic nitrogens is 2. The average molecular weight is 402 g/mol. The van der Waals surface area contributed by atoms with Crippen LogP contribution in [0.3, 0.4) is 0 Å². The predicted molar refractivity (Wildman–Crippen MR) is 108 cm³/mol. The Balaban J connectivity index is 1.71. The Morgan fingerprint density at radius 3 is 2.81 bits per heavy atom. The van der Waals surface area contributed by atoms with Crippen LogP contribution in [0.4, 0.5) is 0 Å². The quantitative estimate of drug-likeness (QED) is 0.497. The van der Waals surface area contributed by atoms with Gasteiger partial charge in [0.15, 0.2) is 5.16 Å². The highest BCUT2D eigenvalue weighted by molar-refractivity contribution is 7.99. The molecule has 0 aliphatic carbocycles. The van der Waals surface area contributed by atoms with Crippen LogP contribution in [0.25, 0.3) is 15.9 Å². The van der Waals surface area contributed by atoms with Gasteiger partial charge in [0.25, 0.3) is 5.56 Å². The van der Waals surface area contributed by atoms with Crippen LogP contribution in [-0.2, 0) is 9.53 Å². The molecule has 6 nitrogen and oxygen atoms in total. The Morgan fingerprint density at radius 1 is 1.26 bits per heavy atom. The van der Waals surface area contributed by atoms with Crippen LogP contribution in [0.5, 0.6) is 0 Å². The largest absolute Gasteiger partial charge is 0.378 e. The molecule has 0 unspecified atom stereocenters. The number of para-hydroxylation sites is 1. The SMILES string of the molecule is Cc1ccccc1-n1c(SCC(=O)N2CCOCC2)nc2sccc2c1=O. The number of hydrogen-bond acceptors (Lipinski definition) is 6. The van der Waals surface area contributed by atoms with Crippen LogP contribution in [0.1, 0.15) is 5.56 Å². The summed E-state index contributed by atoms with van der Waals surface area (Å²) < 4.78 is 6.93. The van der Waals surface area contributed by atoms with Crippen molar-refractivity contribution < 1.29 is 9.53 Å². The van der Waals surface area contributed by atoms with Gasteiger partial charge >= 0.3 is 0 Å². The van der Waals surface area contributed by atoms with Crippen LogP contribution in [0, 0.1) is 6.92 Å². The Morgan fingerprint density at radius 2 is 2.04 bits per heavy atom. The first-order valence-electron chi connectivity index (χ1n) is 8.70. The fourth-order valence-corrected chi connectivity index (χ4v) is 4.76. The van der Waals surface area contributed by atoms with Crippen molar-refractivity contribution in [1.29, 1.82) is 0 Å². The molecule has 0 bridgehead atoms. The normalized spacial score (nSPS) is 14.6. The molecule has 1 aromatic carbocycles. The van der Waals surface area contributed by atoms with Crippen molar-refractivity contribution >= 4 is 39.2 Å². The predicted octanol–water partition coefficient (Wildman–Crippen LogP) is 2.71. The topological polar surface area (TPSA) is 64.4 Å². The van der Waals surface area contributed by atoms with Gasteiger partial charge in [-0.2, -0.15) is 0 Å². The number of ether oxygens (including phenoxy) is 1. The first kappa shape index (κ1) is 18.2. The number of rotatable bonds is 4. The molecule has 140 valence electrons. The molecular formula is C19H19N3O3S2. The summed E-state index contributed by atoms with van der Waals surface area (Å²) >= 11 is 2.75. The molecule has 0 saturated carbocycles. The number of fused-ring (bicyclic) bond motifs is 1. The maximum absolute atomic E-state index is 13.1. The summed E-state index contributed by atoms with van der Waals surface area (Å²) in [5.41, 5.74) is 1.68. The molecule has 1 fully saturated rings. The molecule has 3 heterocycles. The van der Waals surface area contributed by atoms with Gasteiger partial charge in [-0.1, -0.05) is 30.0 Å². The van der Waals surface area contributed by atoms with Crippen LogP contribution in [0.2, 0.25) is 0 Å². The van der Waals surface area contributed by atoms with E-state index in [0.717, 1.165) is 11.3 Å². The third-order valence-electron chi connectivity index (χ3n) is 4.51. The Kier molecular flexibility index (Phi) is 5.29. The molecule has 0 radical (unpaired) electrons. The molecule has 27 heavy (non-hydrogen) atoms. The second-order valence-corrected chi connectivity index (χ2v) is 8.08. The van der Waals surface area contributed by atoms with Crippen molar-refractivity contribution in [3.8, 4) is 5.69 Å². The monoisotopic (exact) mass is 401 g/mol. The molecule has 0 spiro atoms. The minimum absolute atomic E-state index is 0.0418. The smallest absolute Gasteiger partial charge is 0.267 e. The number of carbonyl (C=O) groups excluding carboxylic acids is 1. The number of thiophene rings is 1. The number of nitrogens with zero attached hydrogens (tertiary/aromatic N) is 3. The lowest BCUT2D eigenvalue weighted by molar-refractivity contribution is -0.132. The summed E-state index contributed by atoms with van der Waals surface area (Å²) in [5.74, 6) is 0.287. The van der Waals surface area contributed by atoms with Gasteiger partial charge in [0.1, 0.15) is 4.83 Å². The lowest BCUT2D eigenvalue weighted by Gasteiger charge is -2.26. The van der Waals surface area contributed by atoms with Gasteiger partial charge < -0.3 is 9.64 Å². The van der Waals surface area contributed by atoms with Crippen molar-refractivity contribution in [3.63, 3.8) is 0 Å². The molecule has 1 saturated heterocycles. The van der Waals surface area contributed by atoms with E-state index in [1.807, 2.05) is 36.6 Å². The summed E-state index contributed by atoms with van der Waals surface area (Å²) in [4.78, 5) is 32.8. The fourth-order valence-electron chi connectivity index (χ4n) is 3.05. The van der Waals surface area contributed by atoms with E-state index in [4.69, 9.17) is 4.74 Å². The number of benzene rings is 1. The highest BCUT2D eigenvalue weighted by atomic mass is 32.2. The fraction of sp³-hybridized carbons (Fsp3) is 0.316. The lowest BCUT2D eigenvalue weighted by Crippen LogP contribution is -2.41. The van der Waals surface area contributed by atoms with E-state index in [1.165, 1.54) is 23.1 Å². The molecule has 1 aliphatic rings. The summed E-state index contributed by atoms with van der Waals surface area (Å²) in [6, 6.07) is 9.52. The maximum Gasteiger partial charge on any atom is 0.267 e. The third-order valence-corrected chi connectivity index (χ3v) is 6.24. The van der Waals surface area contributed by atoms with Crippen molar-refractivity contribution in [1.82, 2.24) is 14.5 Å². The highest BCUT2D eigenvalue weighted by Gasteiger charge is 2.20. The molecule has 8 heteroatoms. The van der Waals surface area contributed by atoms with Crippen molar-refractivity contribution in [2.24, 2.45) is 0 Å². The Labute approximate surface area is 164 Å². The first-order valence-corrected chi connectivity index (χ1v) is 10.6. The summed E-state index contributed by atoms with van der Waals surface area (Å²) in [5, 5.41) is 3.02. The van der Waals surface area contributed by atoms with Crippen molar-refractivity contribution in [3.05, 3.63) is 51.6 Å². The molecular weight excluding hydrogens is 382 g/mol. The van der Waals surface area contributed by atoms with Crippen LogP contribution in [-0.4, -0.2) is 52.4 Å². The zero-order valence-electron chi connectivity index (χ0n) is 14.9. The minimum Gasteiger partial charge on any atom is -0.378 e. The minimum atomic E-state index is -0.100. The van der Waals surface area contributed by atoms with E-state index in [0.29, 0.717) is 41.7 Å². The molecule has 0 atom stereocenters. The van der Waals surface area contributed by atoms with E-state index in [9.17, 15) is 9.59 Å². The van der Waals surface area contributed by atoms with Gasteiger partial charge in [0, 0.05) is 13.1 Å². The molecule has 0 N–H and O–H groups in total. The van der Waals surface area contributed by atoms with Crippen LogP contribution in [0.15, 0.2) is 45.7 Å². The van der Waals surface area contributed by atoms with E-state index >= 15 is 0 Å². The molecule has 1 aliphatic heterocycles. The molecule has 1 amide bonds. The van der Waals surface area contributed by atoms with E-state index in [2.05, 4.69) is 4.98 Å². The third kappa shape index (κ3) is 3.65. The van der Waals surface area contributed by atoms with Gasteiger partial charge in [0.2, 0.25) is 5.91 Å². The van der Waals surface area contributed by atoms with Crippen LogP contribution >= 0.6 is 23.1 Å². The molecule has 2 aromatic heterocycles. The van der Waals surface area contributed by atoms with Gasteiger partial charge in [-0.15, -0.1) is 11.3 Å². The second-order valence-electron chi connectivity index (χ2n) is 6.24. The van der Waals surface area contributed by atoms with E-state index in [-0.39, 0.29) is 17.2 Å². The number of thioether (sulfide) groups is 1. The first-order chi connectivity index (χ1) is 13.1. The van der Waals surface area contributed by atoms with E-state index in [1.54, 1.807) is 15.5 Å².